The number of carbonyl (C=O) groups excluding carboxylic acids is 1. The number of imidazole rings is 1. The van der Waals surface area contributed by atoms with Crippen molar-refractivity contribution in [3.63, 3.8) is 0 Å². The van der Waals surface area contributed by atoms with E-state index < -0.39 is 5.60 Å². The van der Waals surface area contributed by atoms with Crippen LogP contribution in [-0.2, 0) is 17.8 Å². The van der Waals surface area contributed by atoms with Gasteiger partial charge in [-0.15, -0.1) is 0 Å². The molecule has 0 fully saturated rings. The zero-order valence-electron chi connectivity index (χ0n) is 17.1. The molecule has 1 aromatic carbocycles. The highest BCUT2D eigenvalue weighted by atomic mass is 16.5. The van der Waals surface area contributed by atoms with Crippen LogP contribution >= 0.6 is 0 Å². The molecule has 1 atom stereocenters. The maximum atomic E-state index is 12.8. The van der Waals surface area contributed by atoms with Crippen molar-refractivity contribution < 1.29 is 14.6 Å². The van der Waals surface area contributed by atoms with Gasteiger partial charge in [0.1, 0.15) is 11.5 Å². The Morgan fingerprint density at radius 1 is 1.26 bits per heavy atom. The molecular weight excluding hydrogens is 342 g/mol. The number of phenolic OH excluding ortho intramolecular Hbond substituents is 1. The van der Waals surface area contributed by atoms with Gasteiger partial charge in [0.25, 0.3) is 5.91 Å². The Bertz CT molecular complexity index is 901. The molecule has 0 unspecified atom stereocenters. The molecular formula is C21H29N3O3. The Kier molecular flexibility index (Phi) is 4.93. The van der Waals surface area contributed by atoms with E-state index in [4.69, 9.17) is 4.74 Å². The predicted octanol–water partition coefficient (Wildman–Crippen LogP) is 3.03. The highest BCUT2D eigenvalue weighted by Gasteiger charge is 2.40. The van der Waals surface area contributed by atoms with Crippen molar-refractivity contribution in [2.45, 2.75) is 66.5 Å². The Morgan fingerprint density at radius 3 is 2.59 bits per heavy atom. The molecule has 1 aliphatic rings. The van der Waals surface area contributed by atoms with Crippen molar-refractivity contribution in [2.24, 2.45) is 0 Å². The van der Waals surface area contributed by atoms with Gasteiger partial charge in [-0.05, 0) is 64.7 Å². The topological polar surface area (TPSA) is 76.4 Å². The van der Waals surface area contributed by atoms with Crippen molar-refractivity contribution in [1.82, 2.24) is 14.9 Å². The van der Waals surface area contributed by atoms with E-state index in [1.165, 1.54) is 0 Å². The minimum Gasteiger partial charge on any atom is -0.507 e. The van der Waals surface area contributed by atoms with Crippen LogP contribution in [0.5, 0.6) is 11.5 Å². The lowest BCUT2D eigenvalue weighted by Gasteiger charge is -2.36. The Balaban J connectivity index is 1.72. The Morgan fingerprint density at radius 2 is 1.96 bits per heavy atom. The van der Waals surface area contributed by atoms with E-state index in [2.05, 4.69) is 10.3 Å². The number of amides is 1. The first-order chi connectivity index (χ1) is 12.7. The van der Waals surface area contributed by atoms with E-state index in [0.717, 1.165) is 39.4 Å². The maximum absolute atomic E-state index is 12.8. The number of fused-ring (bicyclic) bond motifs is 1. The lowest BCUT2D eigenvalue weighted by molar-refractivity contribution is -0.136. The molecule has 2 heterocycles. The third-order valence-electron chi connectivity index (χ3n) is 5.98. The Hall–Kier alpha value is -2.50. The SMILES string of the molecule is Cc1ncn(CCNC(=O)[C@]2(C)CCc3c(C)c(O)c(C)c(C)c3O2)c1C. The summed E-state index contributed by atoms with van der Waals surface area (Å²) in [5.41, 5.74) is 4.77. The highest BCUT2D eigenvalue weighted by Crippen LogP contribution is 2.43. The van der Waals surface area contributed by atoms with Crippen molar-refractivity contribution >= 4 is 5.91 Å². The lowest BCUT2D eigenvalue weighted by atomic mass is 9.86. The summed E-state index contributed by atoms with van der Waals surface area (Å²) in [6.45, 7) is 12.8. The molecule has 0 spiro atoms. The molecule has 146 valence electrons. The number of nitrogens with zero attached hydrogens (tertiary/aromatic N) is 2. The van der Waals surface area contributed by atoms with Crippen LogP contribution in [0.15, 0.2) is 6.33 Å². The number of rotatable bonds is 4. The minimum absolute atomic E-state index is 0.106. The first-order valence-electron chi connectivity index (χ1n) is 9.43. The van der Waals surface area contributed by atoms with Crippen LogP contribution in [0.4, 0.5) is 0 Å². The van der Waals surface area contributed by atoms with Gasteiger partial charge in [-0.2, -0.15) is 0 Å². The normalized spacial score (nSPS) is 18.7. The van der Waals surface area contributed by atoms with Gasteiger partial charge in [0.2, 0.25) is 0 Å². The molecule has 3 rings (SSSR count). The summed E-state index contributed by atoms with van der Waals surface area (Å²) in [7, 11) is 0. The quantitative estimate of drug-likeness (QED) is 0.866. The number of carbonyl (C=O) groups is 1. The molecule has 2 N–H and O–H groups in total. The number of nitrogens with one attached hydrogen (secondary N) is 1. The van der Waals surface area contributed by atoms with Crippen molar-refractivity contribution in [2.75, 3.05) is 6.54 Å². The number of benzene rings is 1. The zero-order chi connectivity index (χ0) is 19.9. The predicted molar refractivity (Wildman–Crippen MR) is 104 cm³/mol. The molecule has 0 saturated heterocycles. The first-order valence-corrected chi connectivity index (χ1v) is 9.43. The number of hydrogen-bond acceptors (Lipinski definition) is 4. The monoisotopic (exact) mass is 371 g/mol. The van der Waals surface area contributed by atoms with Crippen molar-refractivity contribution in [1.29, 1.82) is 0 Å². The van der Waals surface area contributed by atoms with Crippen LogP contribution in [-0.4, -0.2) is 32.7 Å². The summed E-state index contributed by atoms with van der Waals surface area (Å²) in [5, 5.41) is 13.3. The highest BCUT2D eigenvalue weighted by molar-refractivity contribution is 5.85. The molecule has 0 aliphatic carbocycles. The average Bonchev–Trinajstić information content (AvgIpc) is 2.96. The van der Waals surface area contributed by atoms with Gasteiger partial charge in [-0.25, -0.2) is 4.98 Å². The molecule has 0 radical (unpaired) electrons. The molecule has 1 aromatic heterocycles. The molecule has 0 saturated carbocycles. The fourth-order valence-electron chi connectivity index (χ4n) is 3.65. The van der Waals surface area contributed by atoms with E-state index in [0.29, 0.717) is 31.7 Å². The largest absolute Gasteiger partial charge is 0.507 e. The lowest BCUT2D eigenvalue weighted by Crippen LogP contribution is -2.51. The fourth-order valence-corrected chi connectivity index (χ4v) is 3.65. The molecule has 6 heteroatoms. The van der Waals surface area contributed by atoms with E-state index in [-0.39, 0.29) is 5.91 Å². The standard InChI is InChI=1S/C21H29N3O3/c1-12-13(2)19-17(14(3)18(12)25)7-8-21(6,27-19)20(26)22-9-10-24-11-23-15(4)16(24)5/h11,25H,7-10H2,1-6H3,(H,22,26)/t21-/m0/s1. The van der Waals surface area contributed by atoms with E-state index in [1.807, 2.05) is 46.1 Å². The van der Waals surface area contributed by atoms with Gasteiger partial charge in [0.05, 0.1) is 12.0 Å². The van der Waals surface area contributed by atoms with Gasteiger partial charge in [0, 0.05) is 30.8 Å². The molecule has 27 heavy (non-hydrogen) atoms. The smallest absolute Gasteiger partial charge is 0.263 e. The zero-order valence-corrected chi connectivity index (χ0v) is 17.1. The van der Waals surface area contributed by atoms with Crippen molar-refractivity contribution in [3.05, 3.63) is 40.0 Å². The van der Waals surface area contributed by atoms with Gasteiger partial charge in [-0.1, -0.05) is 0 Å². The summed E-state index contributed by atoms with van der Waals surface area (Å²) in [6.07, 6.45) is 3.09. The fraction of sp³-hybridized carbons (Fsp3) is 0.524. The minimum atomic E-state index is -0.909. The second-order valence-corrected chi connectivity index (χ2v) is 7.73. The number of aryl methyl sites for hydroxylation is 1. The maximum Gasteiger partial charge on any atom is 0.263 e. The summed E-state index contributed by atoms with van der Waals surface area (Å²) >= 11 is 0. The van der Waals surface area contributed by atoms with Gasteiger partial charge in [0.15, 0.2) is 5.60 Å². The number of hydrogen-bond donors (Lipinski definition) is 2. The number of ether oxygens (including phenoxy) is 1. The first kappa shape index (κ1) is 19.3. The van der Waals surface area contributed by atoms with Crippen LogP contribution in [0.25, 0.3) is 0 Å². The summed E-state index contributed by atoms with van der Waals surface area (Å²) in [6, 6.07) is 0. The van der Waals surface area contributed by atoms with Crippen LogP contribution < -0.4 is 10.1 Å². The average molecular weight is 371 g/mol. The molecule has 2 aromatic rings. The molecule has 1 aliphatic heterocycles. The molecule has 0 bridgehead atoms. The number of aromatic nitrogens is 2. The van der Waals surface area contributed by atoms with Gasteiger partial charge >= 0.3 is 0 Å². The number of aromatic hydroxyl groups is 1. The van der Waals surface area contributed by atoms with Crippen LogP contribution in [0, 0.1) is 34.6 Å². The van der Waals surface area contributed by atoms with Crippen LogP contribution in [0.3, 0.4) is 0 Å². The molecule has 6 nitrogen and oxygen atoms in total. The third-order valence-corrected chi connectivity index (χ3v) is 5.98. The van der Waals surface area contributed by atoms with Crippen LogP contribution in [0.2, 0.25) is 0 Å². The summed E-state index contributed by atoms with van der Waals surface area (Å²) in [4.78, 5) is 17.1. The number of phenols is 1. The third kappa shape index (κ3) is 3.29. The summed E-state index contributed by atoms with van der Waals surface area (Å²) in [5.74, 6) is 0.965. The van der Waals surface area contributed by atoms with Gasteiger partial charge in [-0.3, -0.25) is 4.79 Å². The second kappa shape index (κ2) is 6.91. The van der Waals surface area contributed by atoms with E-state index >= 15 is 0 Å². The molecule has 1 amide bonds. The van der Waals surface area contributed by atoms with E-state index in [9.17, 15) is 9.90 Å². The second-order valence-electron chi connectivity index (χ2n) is 7.73. The summed E-state index contributed by atoms with van der Waals surface area (Å²) < 4.78 is 8.25. The van der Waals surface area contributed by atoms with Gasteiger partial charge < -0.3 is 19.7 Å². The van der Waals surface area contributed by atoms with E-state index in [1.54, 1.807) is 6.33 Å². The van der Waals surface area contributed by atoms with Crippen LogP contribution in [0.1, 0.15) is 47.0 Å². The Labute approximate surface area is 160 Å². The van der Waals surface area contributed by atoms with Crippen molar-refractivity contribution in [3.8, 4) is 11.5 Å².